The van der Waals surface area contributed by atoms with Gasteiger partial charge in [0, 0.05) is 18.7 Å². The Labute approximate surface area is 179 Å². The normalized spacial score (nSPS) is 13.4. The van der Waals surface area contributed by atoms with E-state index in [4.69, 9.17) is 4.52 Å². The molecule has 4 aromatic rings. The number of benzene rings is 1. The van der Waals surface area contributed by atoms with E-state index in [0.717, 1.165) is 35.5 Å². The second-order valence-corrected chi connectivity index (χ2v) is 7.86. The predicted octanol–water partition coefficient (Wildman–Crippen LogP) is 3.74. The molecule has 0 radical (unpaired) electrons. The molecule has 0 atom stereocenters. The third kappa shape index (κ3) is 3.96. The first-order chi connectivity index (χ1) is 15.1. The Morgan fingerprint density at radius 1 is 1.13 bits per heavy atom. The zero-order chi connectivity index (χ0) is 21.4. The summed E-state index contributed by atoms with van der Waals surface area (Å²) in [6, 6.07) is 11.8. The predicted molar refractivity (Wildman–Crippen MR) is 114 cm³/mol. The molecule has 0 unspecified atom stereocenters. The van der Waals surface area contributed by atoms with Gasteiger partial charge in [0.2, 0.25) is 0 Å². The molecule has 0 spiro atoms. The first-order valence-corrected chi connectivity index (χ1v) is 10.3. The Morgan fingerprint density at radius 3 is 2.65 bits per heavy atom. The van der Waals surface area contributed by atoms with Crippen LogP contribution in [0.3, 0.4) is 0 Å². The van der Waals surface area contributed by atoms with Gasteiger partial charge in [-0.3, -0.25) is 4.79 Å². The maximum atomic E-state index is 12.6. The van der Waals surface area contributed by atoms with Crippen molar-refractivity contribution < 1.29 is 9.32 Å². The van der Waals surface area contributed by atoms with E-state index in [1.807, 2.05) is 50.2 Å². The van der Waals surface area contributed by atoms with Gasteiger partial charge in [-0.2, -0.15) is 10.1 Å². The molecule has 1 aliphatic carbocycles. The van der Waals surface area contributed by atoms with E-state index in [1.54, 1.807) is 17.1 Å². The standard InChI is InChI=1S/C23H22N6O2/c1-14-3-5-16(6-4-14)11-25-22(30)19-13-26-29(15(19)2)20-10-9-18(12-24-20)23-27-21(28-31-23)17-7-8-17/h3-6,9-10,12-13,17H,7-8,11H2,1-2H3,(H,25,30). The molecule has 0 bridgehead atoms. The lowest BCUT2D eigenvalue weighted by Gasteiger charge is -2.07. The highest BCUT2D eigenvalue weighted by Crippen LogP contribution is 2.38. The number of hydrogen-bond acceptors (Lipinski definition) is 6. The van der Waals surface area contributed by atoms with Crippen molar-refractivity contribution in [3.05, 3.63) is 77.0 Å². The molecular weight excluding hydrogens is 392 g/mol. The van der Waals surface area contributed by atoms with E-state index < -0.39 is 0 Å². The lowest BCUT2D eigenvalue weighted by atomic mass is 10.1. The summed E-state index contributed by atoms with van der Waals surface area (Å²) < 4.78 is 7.00. The Balaban J connectivity index is 1.29. The van der Waals surface area contributed by atoms with Gasteiger partial charge in [-0.25, -0.2) is 9.67 Å². The maximum absolute atomic E-state index is 12.6. The fourth-order valence-corrected chi connectivity index (χ4v) is 3.34. The third-order valence-corrected chi connectivity index (χ3v) is 5.42. The van der Waals surface area contributed by atoms with Crippen molar-refractivity contribution in [3.8, 4) is 17.3 Å². The number of amides is 1. The van der Waals surface area contributed by atoms with Crippen LogP contribution in [-0.2, 0) is 6.54 Å². The molecule has 3 aromatic heterocycles. The van der Waals surface area contributed by atoms with Gasteiger partial charge >= 0.3 is 0 Å². The van der Waals surface area contributed by atoms with E-state index >= 15 is 0 Å². The van der Waals surface area contributed by atoms with Crippen molar-refractivity contribution in [1.82, 2.24) is 30.2 Å². The molecule has 1 saturated carbocycles. The van der Waals surface area contributed by atoms with E-state index in [9.17, 15) is 4.79 Å². The first kappa shape index (κ1) is 19.2. The largest absolute Gasteiger partial charge is 0.348 e. The minimum Gasteiger partial charge on any atom is -0.348 e. The minimum absolute atomic E-state index is 0.167. The quantitative estimate of drug-likeness (QED) is 0.516. The monoisotopic (exact) mass is 414 g/mol. The van der Waals surface area contributed by atoms with Crippen LogP contribution in [0.15, 0.2) is 53.3 Å². The van der Waals surface area contributed by atoms with Gasteiger partial charge < -0.3 is 9.84 Å². The van der Waals surface area contributed by atoms with Gasteiger partial charge in [0.25, 0.3) is 11.8 Å². The van der Waals surface area contributed by atoms with Crippen LogP contribution in [0.1, 0.15) is 51.8 Å². The zero-order valence-electron chi connectivity index (χ0n) is 17.4. The summed E-state index contributed by atoms with van der Waals surface area (Å²) in [5.41, 5.74) is 4.23. The second-order valence-electron chi connectivity index (χ2n) is 7.86. The van der Waals surface area contributed by atoms with Gasteiger partial charge in [0.15, 0.2) is 11.6 Å². The highest BCUT2D eigenvalue weighted by Gasteiger charge is 2.29. The molecule has 1 aliphatic rings. The number of pyridine rings is 1. The molecule has 0 aliphatic heterocycles. The molecule has 1 fully saturated rings. The summed E-state index contributed by atoms with van der Waals surface area (Å²) in [5.74, 6) is 2.12. The number of carbonyl (C=O) groups is 1. The number of nitrogens with one attached hydrogen (secondary N) is 1. The Kier molecular flexibility index (Phi) is 4.82. The number of nitrogens with zero attached hydrogens (tertiary/aromatic N) is 5. The summed E-state index contributed by atoms with van der Waals surface area (Å²) in [7, 11) is 0. The molecule has 1 amide bonds. The Bertz CT molecular complexity index is 1220. The fourth-order valence-electron chi connectivity index (χ4n) is 3.34. The van der Waals surface area contributed by atoms with Crippen molar-refractivity contribution in [2.45, 2.75) is 39.2 Å². The van der Waals surface area contributed by atoms with Gasteiger partial charge in [-0.1, -0.05) is 35.0 Å². The lowest BCUT2D eigenvalue weighted by Crippen LogP contribution is -2.23. The van der Waals surface area contributed by atoms with Crippen molar-refractivity contribution >= 4 is 5.91 Å². The van der Waals surface area contributed by atoms with E-state index in [2.05, 4.69) is 25.5 Å². The van der Waals surface area contributed by atoms with Crippen molar-refractivity contribution in [1.29, 1.82) is 0 Å². The van der Waals surface area contributed by atoms with Crippen LogP contribution in [0.5, 0.6) is 0 Å². The molecule has 31 heavy (non-hydrogen) atoms. The smallest absolute Gasteiger partial charge is 0.259 e. The maximum Gasteiger partial charge on any atom is 0.259 e. The van der Waals surface area contributed by atoms with Crippen LogP contribution in [0.25, 0.3) is 17.3 Å². The number of aromatic nitrogens is 5. The van der Waals surface area contributed by atoms with Gasteiger partial charge in [-0.15, -0.1) is 0 Å². The summed E-state index contributed by atoms with van der Waals surface area (Å²) in [5, 5.41) is 11.3. The van der Waals surface area contributed by atoms with Crippen molar-refractivity contribution in [3.63, 3.8) is 0 Å². The van der Waals surface area contributed by atoms with Crippen molar-refractivity contribution in [2.75, 3.05) is 0 Å². The van der Waals surface area contributed by atoms with E-state index in [0.29, 0.717) is 29.7 Å². The van der Waals surface area contributed by atoms with E-state index in [1.165, 1.54) is 5.56 Å². The molecule has 0 saturated heterocycles. The van der Waals surface area contributed by atoms with Gasteiger partial charge in [0.05, 0.1) is 23.0 Å². The minimum atomic E-state index is -0.167. The summed E-state index contributed by atoms with van der Waals surface area (Å²) in [6.45, 7) is 4.35. The Hall–Kier alpha value is -3.81. The second kappa shape index (κ2) is 7.79. The van der Waals surface area contributed by atoms with Crippen LogP contribution >= 0.6 is 0 Å². The molecule has 8 heteroatoms. The van der Waals surface area contributed by atoms with E-state index in [-0.39, 0.29) is 5.91 Å². The number of rotatable bonds is 6. The average Bonchev–Trinajstić information content (AvgIpc) is 3.39. The van der Waals surface area contributed by atoms with Crippen LogP contribution in [-0.4, -0.2) is 30.8 Å². The summed E-state index contributed by atoms with van der Waals surface area (Å²) in [6.07, 6.45) is 5.48. The molecule has 8 nitrogen and oxygen atoms in total. The molecule has 1 N–H and O–H groups in total. The fraction of sp³-hybridized carbons (Fsp3) is 0.261. The van der Waals surface area contributed by atoms with Crippen LogP contribution < -0.4 is 5.32 Å². The first-order valence-electron chi connectivity index (χ1n) is 10.3. The number of aryl methyl sites for hydroxylation is 1. The zero-order valence-corrected chi connectivity index (χ0v) is 17.4. The highest BCUT2D eigenvalue weighted by molar-refractivity contribution is 5.95. The number of carbonyl (C=O) groups excluding carboxylic acids is 1. The molecule has 1 aromatic carbocycles. The average molecular weight is 414 g/mol. The summed E-state index contributed by atoms with van der Waals surface area (Å²) in [4.78, 5) is 21.6. The van der Waals surface area contributed by atoms with Gasteiger partial charge in [-0.05, 0) is 44.4 Å². The topological polar surface area (TPSA) is 98.7 Å². The third-order valence-electron chi connectivity index (χ3n) is 5.42. The van der Waals surface area contributed by atoms with Gasteiger partial charge in [0.1, 0.15) is 0 Å². The van der Waals surface area contributed by atoms with Crippen LogP contribution in [0.2, 0.25) is 0 Å². The number of hydrogen-bond donors (Lipinski definition) is 1. The molecule has 3 heterocycles. The lowest BCUT2D eigenvalue weighted by molar-refractivity contribution is 0.0950. The molecule has 156 valence electrons. The van der Waals surface area contributed by atoms with Crippen LogP contribution in [0.4, 0.5) is 0 Å². The molecular formula is C23H22N6O2. The highest BCUT2D eigenvalue weighted by atomic mass is 16.5. The van der Waals surface area contributed by atoms with Crippen LogP contribution in [0, 0.1) is 13.8 Å². The SMILES string of the molecule is Cc1ccc(CNC(=O)c2cnn(-c3ccc(-c4nc(C5CC5)no4)cn3)c2C)cc1. The molecule has 5 rings (SSSR count). The van der Waals surface area contributed by atoms with Crippen molar-refractivity contribution in [2.24, 2.45) is 0 Å². The summed E-state index contributed by atoms with van der Waals surface area (Å²) >= 11 is 0. The Morgan fingerprint density at radius 2 is 1.94 bits per heavy atom.